The molecule has 1 aliphatic rings. The van der Waals surface area contributed by atoms with Crippen molar-refractivity contribution in [3.8, 4) is 5.75 Å². The van der Waals surface area contributed by atoms with Crippen molar-refractivity contribution in [1.29, 1.82) is 0 Å². The van der Waals surface area contributed by atoms with Crippen molar-refractivity contribution in [3.05, 3.63) is 72.8 Å². The summed E-state index contributed by atoms with van der Waals surface area (Å²) in [5.41, 5.74) is 2.85. The van der Waals surface area contributed by atoms with Crippen molar-refractivity contribution in [2.24, 2.45) is 4.99 Å². The topological polar surface area (TPSA) is 217 Å². The van der Waals surface area contributed by atoms with Crippen molar-refractivity contribution < 1.29 is 48.4 Å². The molecule has 1 heterocycles. The number of amides is 1. The third-order valence-electron chi connectivity index (χ3n) is 5.07. The number of hydrogen-bond acceptors (Lipinski definition) is 9. The smallest absolute Gasteiger partial charge is 0.298 e. The Labute approximate surface area is 216 Å². The number of ether oxygens (including phenoxy) is 1. The third kappa shape index (κ3) is 5.82. The second-order valence-corrected chi connectivity index (χ2v) is 11.9. The fourth-order valence-corrected chi connectivity index (χ4v) is 4.91. The SMILES string of the molecule is O=C1C(Oc2ccccc2S(=O)(=O)O)C(=Nc2ccc(S(=O)(=O)O)cc2)NN1c1ccc(S(=O)(=O)O)cc1. The Hall–Kier alpha value is -3.87. The summed E-state index contributed by atoms with van der Waals surface area (Å²) in [6, 6.07) is 14.0. The predicted octanol–water partition coefficient (Wildman–Crippen LogP) is 1.46. The summed E-state index contributed by atoms with van der Waals surface area (Å²) in [5.74, 6) is -1.41. The fourth-order valence-electron chi connectivity index (χ4n) is 3.33. The highest BCUT2D eigenvalue weighted by Gasteiger charge is 2.41. The Morgan fingerprint density at radius 2 is 1.26 bits per heavy atom. The van der Waals surface area contributed by atoms with Gasteiger partial charge in [0, 0.05) is 0 Å². The number of carbonyl (C=O) groups excluding carboxylic acids is 1. The molecular weight excluding hydrogens is 566 g/mol. The van der Waals surface area contributed by atoms with Gasteiger partial charge in [0.1, 0.15) is 10.6 Å². The third-order valence-corrected chi connectivity index (χ3v) is 7.70. The van der Waals surface area contributed by atoms with Crippen LogP contribution in [-0.2, 0) is 35.1 Å². The van der Waals surface area contributed by atoms with E-state index < -0.39 is 57.1 Å². The average molecular weight is 584 g/mol. The Balaban J connectivity index is 1.76. The van der Waals surface area contributed by atoms with Crippen molar-refractivity contribution in [2.45, 2.75) is 20.8 Å². The molecule has 1 aliphatic heterocycles. The molecule has 0 aliphatic carbocycles. The zero-order valence-corrected chi connectivity index (χ0v) is 21.2. The lowest BCUT2D eigenvalue weighted by molar-refractivity contribution is -0.121. The van der Waals surface area contributed by atoms with E-state index in [-0.39, 0.29) is 23.0 Å². The zero-order valence-electron chi connectivity index (χ0n) is 18.7. The lowest BCUT2D eigenvalue weighted by atomic mass is 10.2. The summed E-state index contributed by atoms with van der Waals surface area (Å²) < 4.78 is 102. The highest BCUT2D eigenvalue weighted by Crippen LogP contribution is 2.28. The highest BCUT2D eigenvalue weighted by atomic mass is 32.2. The summed E-state index contributed by atoms with van der Waals surface area (Å²) in [7, 11) is -13.7. The summed E-state index contributed by atoms with van der Waals surface area (Å²) in [5, 5.41) is 0.917. The lowest BCUT2D eigenvalue weighted by Gasteiger charge is -2.16. The molecule has 0 bridgehead atoms. The molecule has 1 amide bonds. The molecule has 200 valence electrons. The van der Waals surface area contributed by atoms with Crippen LogP contribution in [0.1, 0.15) is 0 Å². The minimum atomic E-state index is -4.74. The molecule has 1 fully saturated rings. The lowest BCUT2D eigenvalue weighted by Crippen LogP contribution is -2.36. The number of amidine groups is 1. The van der Waals surface area contributed by atoms with Crippen LogP contribution in [0.3, 0.4) is 0 Å². The number of rotatable bonds is 7. The molecule has 0 aromatic heterocycles. The number of nitrogens with zero attached hydrogens (tertiary/aromatic N) is 2. The molecule has 1 unspecified atom stereocenters. The van der Waals surface area contributed by atoms with Crippen LogP contribution in [0.5, 0.6) is 5.75 Å². The number of para-hydroxylation sites is 1. The van der Waals surface area contributed by atoms with E-state index >= 15 is 0 Å². The first-order chi connectivity index (χ1) is 17.6. The highest BCUT2D eigenvalue weighted by molar-refractivity contribution is 7.86. The summed E-state index contributed by atoms with van der Waals surface area (Å²) in [4.78, 5) is 16.1. The zero-order chi connectivity index (χ0) is 27.9. The Kier molecular flexibility index (Phi) is 6.99. The van der Waals surface area contributed by atoms with Gasteiger partial charge in [0.05, 0.1) is 21.2 Å². The van der Waals surface area contributed by atoms with Crippen LogP contribution in [-0.4, -0.2) is 56.8 Å². The van der Waals surface area contributed by atoms with E-state index in [1.54, 1.807) is 0 Å². The second-order valence-electron chi connectivity index (χ2n) is 7.64. The molecule has 38 heavy (non-hydrogen) atoms. The van der Waals surface area contributed by atoms with Gasteiger partial charge in [0.15, 0.2) is 5.84 Å². The van der Waals surface area contributed by atoms with Gasteiger partial charge in [-0.3, -0.25) is 23.9 Å². The number of benzene rings is 3. The van der Waals surface area contributed by atoms with Gasteiger partial charge in [0.2, 0.25) is 6.10 Å². The number of hydrazine groups is 1. The molecule has 4 rings (SSSR count). The Bertz CT molecular complexity index is 1750. The summed E-state index contributed by atoms with van der Waals surface area (Å²) in [6.45, 7) is 0. The van der Waals surface area contributed by atoms with Gasteiger partial charge < -0.3 is 4.74 Å². The molecule has 0 radical (unpaired) electrons. The molecule has 3 aromatic carbocycles. The van der Waals surface area contributed by atoms with Crippen LogP contribution < -0.4 is 15.2 Å². The van der Waals surface area contributed by atoms with Gasteiger partial charge in [0.25, 0.3) is 36.3 Å². The maximum absolute atomic E-state index is 13.3. The number of aliphatic imine (C=N–C) groups is 1. The summed E-state index contributed by atoms with van der Waals surface area (Å²) >= 11 is 0. The number of hydrogen-bond donors (Lipinski definition) is 4. The molecule has 0 saturated carbocycles. The normalized spacial score (nSPS) is 17.4. The van der Waals surface area contributed by atoms with Crippen LogP contribution in [0.2, 0.25) is 0 Å². The van der Waals surface area contributed by atoms with Gasteiger partial charge in [-0.2, -0.15) is 25.3 Å². The van der Waals surface area contributed by atoms with E-state index in [9.17, 15) is 39.2 Å². The van der Waals surface area contributed by atoms with Gasteiger partial charge in [-0.1, -0.05) is 12.1 Å². The van der Waals surface area contributed by atoms with Crippen molar-refractivity contribution in [3.63, 3.8) is 0 Å². The molecular formula is C21H17N3O11S3. The molecule has 1 saturated heterocycles. The Morgan fingerprint density at radius 3 is 1.79 bits per heavy atom. The molecule has 0 spiro atoms. The van der Waals surface area contributed by atoms with Gasteiger partial charge in [-0.05, 0) is 60.7 Å². The van der Waals surface area contributed by atoms with Crippen molar-refractivity contribution >= 4 is 53.5 Å². The maximum Gasteiger partial charge on any atom is 0.298 e. The predicted molar refractivity (Wildman–Crippen MR) is 131 cm³/mol. The molecule has 1 atom stereocenters. The van der Waals surface area contributed by atoms with Crippen LogP contribution in [0.15, 0.2) is 92.5 Å². The van der Waals surface area contributed by atoms with E-state index in [1.165, 1.54) is 42.5 Å². The van der Waals surface area contributed by atoms with E-state index in [2.05, 4.69) is 10.4 Å². The van der Waals surface area contributed by atoms with Gasteiger partial charge in [-0.15, -0.1) is 0 Å². The number of nitrogens with one attached hydrogen (secondary N) is 1. The van der Waals surface area contributed by atoms with Crippen LogP contribution >= 0.6 is 0 Å². The minimum Gasteiger partial charge on any atom is -0.471 e. The van der Waals surface area contributed by atoms with E-state index in [1.807, 2.05) is 0 Å². The summed E-state index contributed by atoms with van der Waals surface area (Å²) in [6.07, 6.45) is -1.61. The van der Waals surface area contributed by atoms with Crippen LogP contribution in [0.25, 0.3) is 0 Å². The largest absolute Gasteiger partial charge is 0.471 e. The minimum absolute atomic E-state index is 0.0889. The van der Waals surface area contributed by atoms with Crippen LogP contribution in [0, 0.1) is 0 Å². The first-order valence-electron chi connectivity index (χ1n) is 10.2. The van der Waals surface area contributed by atoms with Crippen molar-refractivity contribution in [1.82, 2.24) is 5.43 Å². The Morgan fingerprint density at radius 1 is 0.737 bits per heavy atom. The quantitative estimate of drug-likeness (QED) is 0.291. The molecule has 4 N–H and O–H groups in total. The standard InChI is InChI=1S/C21H17N3O11S3/c25-21-19(35-17-3-1-2-4-18(17)38(32,33)34)20(22-13-5-9-15(10-6-13)36(26,27)28)23-24(21)14-7-11-16(12-8-14)37(29,30)31/h1-12,19H,(H,22,23)(H,26,27,28)(H,29,30,31)(H,32,33,34). The van der Waals surface area contributed by atoms with E-state index in [0.29, 0.717) is 0 Å². The first-order valence-corrected chi connectivity index (χ1v) is 14.5. The number of anilines is 1. The molecule has 17 heteroatoms. The first kappa shape index (κ1) is 27.2. The van der Waals surface area contributed by atoms with Crippen LogP contribution in [0.4, 0.5) is 11.4 Å². The molecule has 3 aromatic rings. The van der Waals surface area contributed by atoms with E-state index in [0.717, 1.165) is 35.3 Å². The van der Waals surface area contributed by atoms with Gasteiger partial charge >= 0.3 is 0 Å². The number of carbonyl (C=O) groups is 1. The average Bonchev–Trinajstić information content (AvgIpc) is 3.13. The monoisotopic (exact) mass is 583 g/mol. The van der Waals surface area contributed by atoms with E-state index in [4.69, 9.17) is 9.29 Å². The van der Waals surface area contributed by atoms with Gasteiger partial charge in [-0.25, -0.2) is 10.0 Å². The molecule has 14 nitrogen and oxygen atoms in total. The maximum atomic E-state index is 13.3. The second kappa shape index (κ2) is 9.78. The van der Waals surface area contributed by atoms with Crippen molar-refractivity contribution in [2.75, 3.05) is 5.01 Å². The fraction of sp³-hybridized carbons (Fsp3) is 0.0476.